The molecule has 0 aromatic heterocycles. The van der Waals surface area contributed by atoms with Crippen molar-refractivity contribution in [3.05, 3.63) is 64.9 Å². The number of hydrogen-bond acceptors (Lipinski definition) is 2. The van der Waals surface area contributed by atoms with Gasteiger partial charge in [0.15, 0.2) is 0 Å². The Balaban J connectivity index is 1.62. The molecule has 2 aromatic rings. The van der Waals surface area contributed by atoms with Crippen molar-refractivity contribution in [3.63, 3.8) is 0 Å². The van der Waals surface area contributed by atoms with Gasteiger partial charge in [-0.05, 0) is 24.3 Å². The van der Waals surface area contributed by atoms with Crippen LogP contribution < -0.4 is 4.74 Å². The van der Waals surface area contributed by atoms with Gasteiger partial charge in [0, 0.05) is 25.9 Å². The number of halogens is 2. The zero-order valence-corrected chi connectivity index (χ0v) is 13.3. The van der Waals surface area contributed by atoms with Gasteiger partial charge in [0.1, 0.15) is 17.7 Å². The predicted molar refractivity (Wildman–Crippen MR) is 87.4 cm³/mol. The van der Waals surface area contributed by atoms with Crippen molar-refractivity contribution in [2.45, 2.75) is 18.9 Å². The average Bonchev–Trinajstić information content (AvgIpc) is 2.56. The number of para-hydroxylation sites is 1. The highest BCUT2D eigenvalue weighted by Gasteiger charge is 2.27. The zero-order chi connectivity index (χ0) is 16.2. The first-order chi connectivity index (χ1) is 11.1. The quantitative estimate of drug-likeness (QED) is 0.844. The molecule has 23 heavy (non-hydrogen) atoms. The number of piperidine rings is 1. The third kappa shape index (κ3) is 3.64. The van der Waals surface area contributed by atoms with Crippen molar-refractivity contribution in [3.8, 4) is 5.75 Å². The van der Waals surface area contributed by atoms with Crippen molar-refractivity contribution in [2.24, 2.45) is 0 Å². The van der Waals surface area contributed by atoms with E-state index in [2.05, 4.69) is 0 Å². The van der Waals surface area contributed by atoms with E-state index in [9.17, 15) is 9.18 Å². The molecule has 5 heteroatoms. The molecule has 3 rings (SSSR count). The van der Waals surface area contributed by atoms with Gasteiger partial charge in [0.25, 0.3) is 5.91 Å². The van der Waals surface area contributed by atoms with E-state index in [0.717, 1.165) is 5.75 Å². The molecule has 0 aliphatic carbocycles. The molecular weight excluding hydrogens is 317 g/mol. The molecule has 2 aromatic carbocycles. The fourth-order valence-corrected chi connectivity index (χ4v) is 2.97. The summed E-state index contributed by atoms with van der Waals surface area (Å²) in [5, 5.41) is 0.151. The molecule has 120 valence electrons. The lowest BCUT2D eigenvalue weighted by Crippen LogP contribution is -2.42. The minimum atomic E-state index is -0.579. The van der Waals surface area contributed by atoms with Crippen LogP contribution in [-0.4, -0.2) is 30.0 Å². The van der Waals surface area contributed by atoms with Gasteiger partial charge in [-0.25, -0.2) is 4.39 Å². The van der Waals surface area contributed by atoms with Crippen molar-refractivity contribution < 1.29 is 13.9 Å². The minimum absolute atomic E-state index is 0.0448. The molecule has 0 saturated carbocycles. The zero-order valence-electron chi connectivity index (χ0n) is 12.5. The third-order valence-electron chi connectivity index (χ3n) is 3.95. The Bertz CT molecular complexity index is 664. The topological polar surface area (TPSA) is 29.5 Å². The summed E-state index contributed by atoms with van der Waals surface area (Å²) in [6.07, 6.45) is 1.50. The van der Waals surface area contributed by atoms with E-state index in [4.69, 9.17) is 16.3 Å². The van der Waals surface area contributed by atoms with Gasteiger partial charge in [0.2, 0.25) is 0 Å². The van der Waals surface area contributed by atoms with Crippen molar-refractivity contribution in [1.82, 2.24) is 4.90 Å². The average molecular weight is 334 g/mol. The highest BCUT2D eigenvalue weighted by molar-refractivity contribution is 6.33. The second-order valence-corrected chi connectivity index (χ2v) is 5.93. The monoisotopic (exact) mass is 333 g/mol. The number of benzene rings is 2. The van der Waals surface area contributed by atoms with Crippen LogP contribution in [0.1, 0.15) is 23.2 Å². The number of likely N-dealkylation sites (tertiary alicyclic amines) is 1. The Morgan fingerprint density at radius 3 is 2.43 bits per heavy atom. The van der Waals surface area contributed by atoms with E-state index < -0.39 is 5.82 Å². The Labute approximate surface area is 139 Å². The Morgan fingerprint density at radius 2 is 1.78 bits per heavy atom. The number of amides is 1. The molecule has 0 unspecified atom stereocenters. The van der Waals surface area contributed by atoms with E-state index in [1.165, 1.54) is 18.2 Å². The molecule has 0 radical (unpaired) electrons. The van der Waals surface area contributed by atoms with Gasteiger partial charge >= 0.3 is 0 Å². The molecular formula is C18H17ClFNO2. The molecule has 3 nitrogen and oxygen atoms in total. The van der Waals surface area contributed by atoms with E-state index in [1.54, 1.807) is 4.90 Å². The lowest BCUT2D eigenvalue weighted by atomic mass is 10.1. The molecule has 1 saturated heterocycles. The van der Waals surface area contributed by atoms with Gasteiger partial charge in [-0.1, -0.05) is 35.9 Å². The van der Waals surface area contributed by atoms with Crippen LogP contribution in [0.25, 0.3) is 0 Å². The first-order valence-corrected chi connectivity index (χ1v) is 7.98. The Morgan fingerprint density at radius 1 is 1.09 bits per heavy atom. The number of hydrogen-bond donors (Lipinski definition) is 0. The molecule has 1 fully saturated rings. The summed E-state index contributed by atoms with van der Waals surface area (Å²) in [5.74, 6) is -0.106. The summed E-state index contributed by atoms with van der Waals surface area (Å²) in [7, 11) is 0. The number of carbonyl (C=O) groups is 1. The SMILES string of the molecule is O=C(c1c(F)cccc1Cl)N1CCC(Oc2ccccc2)CC1. The molecule has 0 spiro atoms. The predicted octanol–water partition coefficient (Wildman–Crippen LogP) is 4.16. The van der Waals surface area contributed by atoms with Crippen LogP contribution in [0.5, 0.6) is 5.75 Å². The number of ether oxygens (including phenoxy) is 1. The largest absolute Gasteiger partial charge is 0.490 e. The summed E-state index contributed by atoms with van der Waals surface area (Å²) in [5.41, 5.74) is -0.0448. The van der Waals surface area contributed by atoms with E-state index in [-0.39, 0.29) is 22.6 Å². The first-order valence-electron chi connectivity index (χ1n) is 7.60. The maximum Gasteiger partial charge on any atom is 0.258 e. The molecule has 0 bridgehead atoms. The molecule has 0 N–H and O–H groups in total. The van der Waals surface area contributed by atoms with Gasteiger partial charge in [-0.2, -0.15) is 0 Å². The van der Waals surface area contributed by atoms with Crippen LogP contribution in [0.15, 0.2) is 48.5 Å². The number of rotatable bonds is 3. The molecule has 1 heterocycles. The molecule has 1 aliphatic heterocycles. The maximum absolute atomic E-state index is 13.9. The molecule has 0 atom stereocenters. The second kappa shape index (κ2) is 7.01. The van der Waals surface area contributed by atoms with Gasteiger partial charge in [-0.3, -0.25) is 4.79 Å². The highest BCUT2D eigenvalue weighted by Crippen LogP contribution is 2.24. The fraction of sp³-hybridized carbons (Fsp3) is 0.278. The van der Waals surface area contributed by atoms with E-state index in [1.807, 2.05) is 30.3 Å². The normalized spacial score (nSPS) is 15.5. The van der Waals surface area contributed by atoms with Crippen LogP contribution in [0.4, 0.5) is 4.39 Å². The van der Waals surface area contributed by atoms with Crippen LogP contribution in [0, 0.1) is 5.82 Å². The number of carbonyl (C=O) groups excluding carboxylic acids is 1. The molecule has 1 aliphatic rings. The summed E-state index contributed by atoms with van der Waals surface area (Å²) in [4.78, 5) is 14.1. The summed E-state index contributed by atoms with van der Waals surface area (Å²) < 4.78 is 19.8. The maximum atomic E-state index is 13.9. The standard InChI is InChI=1S/C18H17ClFNO2/c19-15-7-4-8-16(20)17(15)18(22)21-11-9-14(10-12-21)23-13-5-2-1-3-6-13/h1-8,14H,9-12H2. The number of nitrogens with zero attached hydrogens (tertiary/aromatic N) is 1. The lowest BCUT2D eigenvalue weighted by Gasteiger charge is -2.32. The molecule has 1 amide bonds. The first kappa shape index (κ1) is 15.8. The Kier molecular flexibility index (Phi) is 4.82. The summed E-state index contributed by atoms with van der Waals surface area (Å²) >= 11 is 5.97. The van der Waals surface area contributed by atoms with Gasteiger partial charge in [-0.15, -0.1) is 0 Å². The third-order valence-corrected chi connectivity index (χ3v) is 4.27. The van der Waals surface area contributed by atoms with E-state index >= 15 is 0 Å². The van der Waals surface area contributed by atoms with E-state index in [0.29, 0.717) is 25.9 Å². The summed E-state index contributed by atoms with van der Waals surface area (Å²) in [6.45, 7) is 1.06. The summed E-state index contributed by atoms with van der Waals surface area (Å²) in [6, 6.07) is 13.9. The van der Waals surface area contributed by atoms with Crippen LogP contribution in [0.2, 0.25) is 5.02 Å². The lowest BCUT2D eigenvalue weighted by molar-refractivity contribution is 0.0591. The fourth-order valence-electron chi connectivity index (χ4n) is 2.73. The smallest absolute Gasteiger partial charge is 0.258 e. The second-order valence-electron chi connectivity index (χ2n) is 5.52. The van der Waals surface area contributed by atoms with Crippen LogP contribution >= 0.6 is 11.6 Å². The van der Waals surface area contributed by atoms with Crippen molar-refractivity contribution in [1.29, 1.82) is 0 Å². The van der Waals surface area contributed by atoms with Crippen LogP contribution in [0.3, 0.4) is 0 Å². The van der Waals surface area contributed by atoms with Crippen molar-refractivity contribution >= 4 is 17.5 Å². The minimum Gasteiger partial charge on any atom is -0.490 e. The van der Waals surface area contributed by atoms with Crippen molar-refractivity contribution in [2.75, 3.05) is 13.1 Å². The van der Waals surface area contributed by atoms with Gasteiger partial charge in [0.05, 0.1) is 10.6 Å². The Hall–Kier alpha value is -2.07. The highest BCUT2D eigenvalue weighted by atomic mass is 35.5. The van der Waals surface area contributed by atoms with Gasteiger partial charge < -0.3 is 9.64 Å². The van der Waals surface area contributed by atoms with Crippen LogP contribution in [-0.2, 0) is 0 Å².